The largest absolute Gasteiger partial charge is 0.481 e. The molecular formula is C9H14N2O7. The smallest absolute Gasteiger partial charge is 0.326 e. The minimum Gasteiger partial charge on any atom is -0.481 e. The fourth-order valence-corrected chi connectivity index (χ4v) is 1.07. The number of carboxylic acid groups (broad SMARTS) is 3. The van der Waals surface area contributed by atoms with E-state index in [4.69, 9.17) is 21.1 Å². The third-order valence-electron chi connectivity index (χ3n) is 2.00. The summed E-state index contributed by atoms with van der Waals surface area (Å²) in [6.07, 6.45) is -1.30. The van der Waals surface area contributed by atoms with Crippen molar-refractivity contribution in [2.75, 3.05) is 0 Å². The predicted molar refractivity (Wildman–Crippen MR) is 56.7 cm³/mol. The quantitative estimate of drug-likeness (QED) is 0.342. The summed E-state index contributed by atoms with van der Waals surface area (Å²) in [5.41, 5.74) is 5.09. The summed E-state index contributed by atoms with van der Waals surface area (Å²) in [6.45, 7) is 0. The van der Waals surface area contributed by atoms with Crippen LogP contribution in [0.2, 0.25) is 0 Å². The van der Waals surface area contributed by atoms with Gasteiger partial charge in [0.05, 0.1) is 6.42 Å². The Balaban J connectivity index is 4.32. The van der Waals surface area contributed by atoms with Gasteiger partial charge in [0.15, 0.2) is 0 Å². The maximum absolute atomic E-state index is 11.3. The average Bonchev–Trinajstić information content (AvgIpc) is 2.23. The molecule has 0 unspecified atom stereocenters. The van der Waals surface area contributed by atoms with Gasteiger partial charge in [-0.25, -0.2) is 4.79 Å². The van der Waals surface area contributed by atoms with Crippen molar-refractivity contribution < 1.29 is 34.5 Å². The molecule has 0 aliphatic carbocycles. The van der Waals surface area contributed by atoms with Crippen molar-refractivity contribution in [2.45, 2.75) is 31.3 Å². The maximum atomic E-state index is 11.3. The molecule has 0 bridgehead atoms. The van der Waals surface area contributed by atoms with E-state index in [1.807, 2.05) is 5.32 Å². The fraction of sp³-hybridized carbons (Fsp3) is 0.556. The standard InChI is InChI=1S/C9H14N2O7/c10-4(8(15)16)3-6(12)11-5(9(17)18)1-2-7(13)14/h4-5H,1-3,10H2,(H,11,12)(H,13,14)(H,15,16)(H,17,18)/t4-,5-/m0/s1. The van der Waals surface area contributed by atoms with Crippen LogP contribution in [0.5, 0.6) is 0 Å². The highest BCUT2D eigenvalue weighted by molar-refractivity contribution is 5.87. The Kier molecular flexibility index (Phi) is 6.35. The molecule has 0 aliphatic heterocycles. The maximum Gasteiger partial charge on any atom is 0.326 e. The molecule has 9 nitrogen and oxygen atoms in total. The summed E-state index contributed by atoms with van der Waals surface area (Å²) >= 11 is 0. The number of carbonyl (C=O) groups excluding carboxylic acids is 1. The average molecular weight is 262 g/mol. The van der Waals surface area contributed by atoms with Crippen LogP contribution in [0.15, 0.2) is 0 Å². The minimum atomic E-state index is -1.43. The van der Waals surface area contributed by atoms with E-state index in [9.17, 15) is 19.2 Å². The summed E-state index contributed by atoms with van der Waals surface area (Å²) < 4.78 is 0. The Hall–Kier alpha value is -2.16. The van der Waals surface area contributed by atoms with Crippen molar-refractivity contribution in [3.05, 3.63) is 0 Å². The number of rotatable bonds is 8. The normalized spacial score (nSPS) is 13.4. The van der Waals surface area contributed by atoms with Gasteiger partial charge in [0, 0.05) is 6.42 Å². The van der Waals surface area contributed by atoms with Crippen LogP contribution in [-0.2, 0) is 19.2 Å². The topological polar surface area (TPSA) is 167 Å². The van der Waals surface area contributed by atoms with Gasteiger partial charge in [0.1, 0.15) is 12.1 Å². The van der Waals surface area contributed by atoms with Crippen LogP contribution < -0.4 is 11.1 Å². The summed E-state index contributed by atoms with van der Waals surface area (Å²) in [6, 6.07) is -2.81. The lowest BCUT2D eigenvalue weighted by Gasteiger charge is -2.14. The Morgan fingerprint density at radius 1 is 1.06 bits per heavy atom. The van der Waals surface area contributed by atoms with Gasteiger partial charge in [0.25, 0.3) is 0 Å². The predicted octanol–water partition coefficient (Wildman–Crippen LogP) is -1.78. The van der Waals surface area contributed by atoms with Crippen LogP contribution in [0, 0.1) is 0 Å². The van der Waals surface area contributed by atoms with Crippen LogP contribution in [-0.4, -0.2) is 51.2 Å². The first-order valence-electron chi connectivity index (χ1n) is 4.96. The molecule has 0 spiro atoms. The highest BCUT2D eigenvalue weighted by Crippen LogP contribution is 1.99. The van der Waals surface area contributed by atoms with E-state index >= 15 is 0 Å². The molecule has 9 heteroatoms. The van der Waals surface area contributed by atoms with E-state index in [-0.39, 0.29) is 6.42 Å². The van der Waals surface area contributed by atoms with Gasteiger partial charge in [-0.2, -0.15) is 0 Å². The van der Waals surface area contributed by atoms with Crippen molar-refractivity contribution >= 4 is 23.8 Å². The fourth-order valence-electron chi connectivity index (χ4n) is 1.07. The molecule has 18 heavy (non-hydrogen) atoms. The first-order chi connectivity index (χ1) is 8.23. The molecule has 0 aromatic heterocycles. The van der Waals surface area contributed by atoms with Gasteiger partial charge in [-0.05, 0) is 6.42 Å². The second kappa shape index (κ2) is 7.22. The van der Waals surface area contributed by atoms with E-state index < -0.39 is 48.7 Å². The monoisotopic (exact) mass is 262 g/mol. The molecule has 1 amide bonds. The molecule has 6 N–H and O–H groups in total. The number of amides is 1. The van der Waals surface area contributed by atoms with Crippen molar-refractivity contribution in [3.8, 4) is 0 Å². The lowest BCUT2D eigenvalue weighted by Crippen LogP contribution is -2.44. The molecule has 0 aliphatic rings. The van der Waals surface area contributed by atoms with Crippen molar-refractivity contribution in [1.29, 1.82) is 0 Å². The summed E-state index contributed by atoms with van der Waals surface area (Å²) in [4.78, 5) is 42.6. The second-order valence-corrected chi connectivity index (χ2v) is 3.54. The van der Waals surface area contributed by atoms with E-state index in [0.29, 0.717) is 0 Å². The van der Waals surface area contributed by atoms with Crippen molar-refractivity contribution in [3.63, 3.8) is 0 Å². The Bertz CT molecular complexity index is 355. The molecule has 0 aromatic carbocycles. The number of carbonyl (C=O) groups is 4. The third kappa shape index (κ3) is 6.43. The van der Waals surface area contributed by atoms with Gasteiger partial charge in [-0.15, -0.1) is 0 Å². The molecule has 0 fully saturated rings. The number of nitrogens with one attached hydrogen (secondary N) is 1. The minimum absolute atomic E-state index is 0.293. The summed E-state index contributed by atoms with van der Waals surface area (Å²) in [5, 5.41) is 27.6. The van der Waals surface area contributed by atoms with Crippen molar-refractivity contribution in [1.82, 2.24) is 5.32 Å². The Morgan fingerprint density at radius 2 is 1.61 bits per heavy atom. The van der Waals surface area contributed by atoms with Crippen LogP contribution in [0.25, 0.3) is 0 Å². The zero-order valence-electron chi connectivity index (χ0n) is 9.33. The number of hydrogen-bond acceptors (Lipinski definition) is 5. The zero-order chi connectivity index (χ0) is 14.3. The highest BCUT2D eigenvalue weighted by Gasteiger charge is 2.23. The lowest BCUT2D eigenvalue weighted by molar-refractivity contribution is -0.143. The molecule has 0 aromatic rings. The number of nitrogens with two attached hydrogens (primary N) is 1. The van der Waals surface area contributed by atoms with Gasteiger partial charge >= 0.3 is 17.9 Å². The van der Waals surface area contributed by atoms with Crippen LogP contribution in [0.1, 0.15) is 19.3 Å². The van der Waals surface area contributed by atoms with E-state index in [0.717, 1.165) is 0 Å². The zero-order valence-corrected chi connectivity index (χ0v) is 9.33. The van der Waals surface area contributed by atoms with Gasteiger partial charge < -0.3 is 26.4 Å². The van der Waals surface area contributed by atoms with Gasteiger partial charge in [-0.1, -0.05) is 0 Å². The molecule has 0 heterocycles. The molecule has 0 saturated carbocycles. The van der Waals surface area contributed by atoms with E-state index in [2.05, 4.69) is 0 Å². The number of carboxylic acids is 3. The van der Waals surface area contributed by atoms with Gasteiger partial charge in [-0.3, -0.25) is 14.4 Å². The van der Waals surface area contributed by atoms with Crippen LogP contribution in [0.3, 0.4) is 0 Å². The first-order valence-corrected chi connectivity index (χ1v) is 4.96. The number of hydrogen-bond donors (Lipinski definition) is 5. The van der Waals surface area contributed by atoms with Gasteiger partial charge in [0.2, 0.25) is 5.91 Å². The first kappa shape index (κ1) is 15.8. The second-order valence-electron chi connectivity index (χ2n) is 3.54. The van der Waals surface area contributed by atoms with Crippen LogP contribution in [0.4, 0.5) is 0 Å². The Morgan fingerprint density at radius 3 is 2.00 bits per heavy atom. The third-order valence-corrected chi connectivity index (χ3v) is 2.00. The summed E-state index contributed by atoms with van der Waals surface area (Å²) in [5.74, 6) is -4.84. The number of aliphatic carboxylic acids is 3. The van der Waals surface area contributed by atoms with E-state index in [1.165, 1.54) is 0 Å². The molecule has 2 atom stereocenters. The molecule has 0 rings (SSSR count). The molecular weight excluding hydrogens is 248 g/mol. The highest BCUT2D eigenvalue weighted by atomic mass is 16.4. The summed E-state index contributed by atoms with van der Waals surface area (Å²) in [7, 11) is 0. The molecule has 0 radical (unpaired) electrons. The molecule has 102 valence electrons. The van der Waals surface area contributed by atoms with Crippen molar-refractivity contribution in [2.24, 2.45) is 5.73 Å². The SMILES string of the molecule is N[C@@H](CC(=O)N[C@@H](CCC(=O)O)C(=O)O)C(=O)O. The van der Waals surface area contributed by atoms with E-state index in [1.54, 1.807) is 0 Å². The van der Waals surface area contributed by atoms with Crippen LogP contribution >= 0.6 is 0 Å². The Labute approximate surface area is 102 Å². The lowest BCUT2D eigenvalue weighted by atomic mass is 10.1. The molecule has 0 saturated heterocycles.